The van der Waals surface area contributed by atoms with E-state index < -0.39 is 15.7 Å². The van der Waals surface area contributed by atoms with Gasteiger partial charge in [-0.25, -0.2) is 12.8 Å². The molecule has 0 radical (unpaired) electrons. The summed E-state index contributed by atoms with van der Waals surface area (Å²) in [7, 11) is -4.07. The van der Waals surface area contributed by atoms with E-state index in [0.717, 1.165) is 24.6 Å². The normalized spacial score (nSPS) is 16.1. The highest BCUT2D eigenvalue weighted by atomic mass is 35.5. The number of rotatable bonds is 8. The summed E-state index contributed by atoms with van der Waals surface area (Å²) in [5.41, 5.74) is 0.402. The molecule has 1 N–H and O–H groups in total. The van der Waals surface area contributed by atoms with Crippen LogP contribution in [-0.4, -0.2) is 44.3 Å². The van der Waals surface area contributed by atoms with Crippen LogP contribution in [0.15, 0.2) is 68.0 Å². The maximum atomic E-state index is 13.3. The summed E-state index contributed by atoms with van der Waals surface area (Å²) < 4.78 is 51.0. The number of oxazole rings is 1. The number of carbonyl (C=O) groups is 1. The van der Waals surface area contributed by atoms with Gasteiger partial charge in [0.05, 0.1) is 16.8 Å². The second-order valence-electron chi connectivity index (χ2n) is 7.30. The third-order valence-electron chi connectivity index (χ3n) is 4.92. The van der Waals surface area contributed by atoms with Crippen LogP contribution in [0.1, 0.15) is 12.8 Å². The van der Waals surface area contributed by atoms with Crippen molar-refractivity contribution < 1.29 is 26.8 Å². The Balaban J connectivity index is 1.59. The second kappa shape index (κ2) is 10.3. The van der Waals surface area contributed by atoms with E-state index in [1.54, 1.807) is 0 Å². The largest absolute Gasteiger partial charge is 0.428 e. The number of ether oxygens (including phenoxy) is 1. The summed E-state index contributed by atoms with van der Waals surface area (Å²) in [5, 5.41) is 2.82. The number of thioether (sulfide) groups is 1. The van der Waals surface area contributed by atoms with Gasteiger partial charge in [0, 0.05) is 23.7 Å². The highest BCUT2D eigenvalue weighted by molar-refractivity contribution is 8.00. The average molecular weight is 511 g/mol. The average Bonchev–Trinajstić information content (AvgIpc) is 3.47. The summed E-state index contributed by atoms with van der Waals surface area (Å²) in [6.45, 7) is 1.08. The van der Waals surface area contributed by atoms with E-state index >= 15 is 0 Å². The van der Waals surface area contributed by atoms with Crippen LogP contribution in [0.5, 0.6) is 0 Å². The Morgan fingerprint density at radius 1 is 1.18 bits per heavy atom. The monoisotopic (exact) mass is 510 g/mol. The molecule has 3 aromatic rings. The van der Waals surface area contributed by atoms with Crippen LogP contribution in [0.4, 0.5) is 4.39 Å². The molecular weight excluding hydrogens is 491 g/mol. The molecule has 1 atom stereocenters. The maximum absolute atomic E-state index is 13.3. The molecule has 1 saturated heterocycles. The number of aromatic nitrogens is 1. The van der Waals surface area contributed by atoms with Crippen molar-refractivity contribution in [3.8, 4) is 11.5 Å². The van der Waals surface area contributed by atoms with Gasteiger partial charge in [-0.3, -0.25) is 4.79 Å². The lowest BCUT2D eigenvalue weighted by Gasteiger charge is -2.10. The van der Waals surface area contributed by atoms with Gasteiger partial charge in [-0.2, -0.15) is 4.98 Å². The van der Waals surface area contributed by atoms with Crippen molar-refractivity contribution in [1.29, 1.82) is 0 Å². The van der Waals surface area contributed by atoms with Gasteiger partial charge in [0.2, 0.25) is 31.8 Å². The van der Waals surface area contributed by atoms with E-state index in [2.05, 4.69) is 10.3 Å². The molecule has 174 valence electrons. The quantitative estimate of drug-likeness (QED) is 0.450. The number of hydrogen-bond acceptors (Lipinski definition) is 7. The van der Waals surface area contributed by atoms with Crippen LogP contribution in [-0.2, 0) is 19.4 Å². The fraction of sp³-hybridized carbons (Fsp3) is 0.273. The van der Waals surface area contributed by atoms with E-state index in [1.165, 1.54) is 48.5 Å². The topological polar surface area (TPSA) is 98.5 Å². The minimum atomic E-state index is -4.07. The molecule has 33 heavy (non-hydrogen) atoms. The van der Waals surface area contributed by atoms with E-state index in [9.17, 15) is 17.6 Å². The summed E-state index contributed by atoms with van der Waals surface area (Å²) in [6.07, 6.45) is 1.85. The van der Waals surface area contributed by atoms with Gasteiger partial charge in [-0.15, -0.1) is 0 Å². The molecule has 0 bridgehead atoms. The molecule has 11 heteroatoms. The fourth-order valence-electron chi connectivity index (χ4n) is 3.21. The number of halogens is 2. The Kier molecular flexibility index (Phi) is 7.38. The van der Waals surface area contributed by atoms with Crippen LogP contribution in [0.2, 0.25) is 5.02 Å². The van der Waals surface area contributed by atoms with Gasteiger partial charge in [-0.05, 0) is 61.4 Å². The molecule has 1 fully saturated rings. The third kappa shape index (κ3) is 5.75. The number of nitrogens with zero attached hydrogens (tertiary/aromatic N) is 1. The minimum absolute atomic E-state index is 0.00445. The molecular formula is C22H20ClFN2O5S2. The van der Waals surface area contributed by atoms with E-state index in [1.807, 2.05) is 0 Å². The zero-order valence-electron chi connectivity index (χ0n) is 17.3. The molecule has 0 unspecified atom stereocenters. The number of hydrogen-bond donors (Lipinski definition) is 1. The van der Waals surface area contributed by atoms with Gasteiger partial charge in [0.25, 0.3) is 0 Å². The fourth-order valence-corrected chi connectivity index (χ4v) is 5.69. The first-order valence-corrected chi connectivity index (χ1v) is 13.0. The van der Waals surface area contributed by atoms with Crippen molar-refractivity contribution in [2.24, 2.45) is 0 Å². The Labute approximate surface area is 199 Å². The summed E-state index contributed by atoms with van der Waals surface area (Å²) in [5.74, 6) is -0.805. The predicted octanol–water partition coefficient (Wildman–Crippen LogP) is 4.35. The van der Waals surface area contributed by atoms with Crippen molar-refractivity contribution in [2.75, 3.05) is 18.9 Å². The molecule has 1 amide bonds. The lowest BCUT2D eigenvalue weighted by molar-refractivity contribution is -0.119. The van der Waals surface area contributed by atoms with Crippen LogP contribution in [0.25, 0.3) is 11.5 Å². The summed E-state index contributed by atoms with van der Waals surface area (Å²) >= 11 is 6.80. The Morgan fingerprint density at radius 3 is 2.58 bits per heavy atom. The number of nitrogens with one attached hydrogen (secondary N) is 1. The first-order chi connectivity index (χ1) is 15.8. The van der Waals surface area contributed by atoms with Gasteiger partial charge >= 0.3 is 0 Å². The maximum Gasteiger partial charge on any atom is 0.230 e. The zero-order chi connectivity index (χ0) is 23.4. The SMILES string of the molecule is O=C(CSc1oc(-c2ccc(F)cc2)nc1S(=O)(=O)c1ccc(Cl)cc1)NC[C@@H]1CCCO1. The van der Waals surface area contributed by atoms with E-state index in [0.29, 0.717) is 23.7 Å². The molecule has 0 spiro atoms. The molecule has 2 heterocycles. The number of carbonyl (C=O) groups excluding carboxylic acids is 1. The predicted molar refractivity (Wildman–Crippen MR) is 122 cm³/mol. The highest BCUT2D eigenvalue weighted by Gasteiger charge is 2.29. The van der Waals surface area contributed by atoms with Crippen LogP contribution in [0.3, 0.4) is 0 Å². The van der Waals surface area contributed by atoms with Crippen molar-refractivity contribution in [2.45, 2.75) is 34.0 Å². The van der Waals surface area contributed by atoms with Crippen molar-refractivity contribution in [3.05, 3.63) is 59.4 Å². The second-order valence-corrected chi connectivity index (χ2v) is 10.6. The summed E-state index contributed by atoms with van der Waals surface area (Å²) in [6, 6.07) is 11.0. The molecule has 4 rings (SSSR count). The van der Waals surface area contributed by atoms with Crippen LogP contribution >= 0.6 is 23.4 Å². The van der Waals surface area contributed by atoms with Crippen molar-refractivity contribution >= 4 is 39.1 Å². The molecule has 1 aromatic heterocycles. The number of benzene rings is 2. The first-order valence-electron chi connectivity index (χ1n) is 10.1. The molecule has 2 aromatic carbocycles. The minimum Gasteiger partial charge on any atom is -0.428 e. The van der Waals surface area contributed by atoms with Gasteiger partial charge in [0.15, 0.2) is 0 Å². The van der Waals surface area contributed by atoms with Crippen LogP contribution < -0.4 is 5.32 Å². The van der Waals surface area contributed by atoms with Gasteiger partial charge in [-0.1, -0.05) is 23.4 Å². The first kappa shape index (κ1) is 23.7. The molecule has 0 saturated carbocycles. The molecule has 1 aliphatic rings. The Bertz CT molecular complexity index is 1220. The lowest BCUT2D eigenvalue weighted by atomic mass is 10.2. The van der Waals surface area contributed by atoms with Crippen molar-refractivity contribution in [3.63, 3.8) is 0 Å². The highest BCUT2D eigenvalue weighted by Crippen LogP contribution is 2.35. The van der Waals surface area contributed by atoms with Crippen LogP contribution in [0, 0.1) is 5.82 Å². The number of sulfone groups is 1. The smallest absolute Gasteiger partial charge is 0.230 e. The van der Waals surface area contributed by atoms with Gasteiger partial charge in [0.1, 0.15) is 5.82 Å². The Hall–Kier alpha value is -2.40. The zero-order valence-corrected chi connectivity index (χ0v) is 19.7. The molecule has 0 aliphatic carbocycles. The lowest BCUT2D eigenvalue weighted by Crippen LogP contribution is -2.32. The third-order valence-corrected chi connectivity index (χ3v) is 7.93. The molecule has 1 aliphatic heterocycles. The van der Waals surface area contributed by atoms with Crippen molar-refractivity contribution in [1.82, 2.24) is 10.3 Å². The summed E-state index contributed by atoms with van der Waals surface area (Å²) in [4.78, 5) is 16.5. The van der Waals surface area contributed by atoms with E-state index in [4.69, 9.17) is 20.8 Å². The Morgan fingerprint density at radius 2 is 1.91 bits per heavy atom. The molecule has 7 nitrogen and oxygen atoms in total. The van der Waals surface area contributed by atoms with E-state index in [-0.39, 0.29) is 38.7 Å². The standard InChI is InChI=1S/C22H20ClFN2O5S2/c23-15-5-9-18(10-6-15)33(28,29)21-22(31-20(26-21)14-3-7-16(24)8-4-14)32-13-19(27)25-12-17-2-1-11-30-17/h3-10,17H,1-2,11-13H2,(H,25,27)/t17-/m0/s1. The number of amides is 1. The van der Waals surface area contributed by atoms with Gasteiger partial charge < -0.3 is 14.5 Å².